The number of Topliss-reactive ketones (excluding diaryl/α,β-unsaturated/α-hetero) is 1. The summed E-state index contributed by atoms with van der Waals surface area (Å²) < 4.78 is 11.3. The number of unbranched alkanes of at least 4 members (excludes halogenated alkanes) is 9. The van der Waals surface area contributed by atoms with E-state index in [4.69, 9.17) is 9.47 Å². The van der Waals surface area contributed by atoms with Gasteiger partial charge in [0.2, 0.25) is 11.6 Å². The first-order valence-corrected chi connectivity index (χ1v) is 11.9. The van der Waals surface area contributed by atoms with Gasteiger partial charge in [0.05, 0.1) is 13.0 Å². The summed E-state index contributed by atoms with van der Waals surface area (Å²) in [6, 6.07) is 3.05. The van der Waals surface area contributed by atoms with E-state index in [9.17, 15) is 19.5 Å². The molecule has 1 aliphatic heterocycles. The number of fused-ring (bicyclic) bond motifs is 3. The van der Waals surface area contributed by atoms with Gasteiger partial charge in [0.1, 0.15) is 22.7 Å². The maximum absolute atomic E-state index is 12.5. The molecule has 1 aliphatic carbocycles. The average molecular weight is 443 g/mol. The van der Waals surface area contributed by atoms with Crippen molar-refractivity contribution in [3.8, 4) is 11.5 Å². The van der Waals surface area contributed by atoms with Crippen molar-refractivity contribution in [2.45, 2.75) is 90.1 Å². The number of hydrogen-bond acceptors (Lipinski definition) is 6. The van der Waals surface area contributed by atoms with Gasteiger partial charge in [0.25, 0.3) is 0 Å². The van der Waals surface area contributed by atoms with Gasteiger partial charge >= 0.3 is 5.97 Å². The normalized spacial score (nSPS) is 19.8. The van der Waals surface area contributed by atoms with E-state index >= 15 is 0 Å². The number of aromatic hydroxyl groups is 1. The molecule has 0 radical (unpaired) electrons. The van der Waals surface area contributed by atoms with Crippen LogP contribution in [0.4, 0.5) is 0 Å². The minimum absolute atomic E-state index is 0.00200. The van der Waals surface area contributed by atoms with Crippen LogP contribution in [0.2, 0.25) is 0 Å². The van der Waals surface area contributed by atoms with Gasteiger partial charge in [0, 0.05) is 17.2 Å². The highest BCUT2D eigenvalue weighted by molar-refractivity contribution is 6.44. The van der Waals surface area contributed by atoms with Gasteiger partial charge in [-0.1, -0.05) is 64.7 Å². The molecule has 0 fully saturated rings. The molecule has 174 valence electrons. The molecule has 1 atom stereocenters. The zero-order valence-electron chi connectivity index (χ0n) is 19.2. The molecule has 0 saturated heterocycles. The van der Waals surface area contributed by atoms with Gasteiger partial charge in [-0.15, -0.1) is 0 Å². The highest BCUT2D eigenvalue weighted by atomic mass is 16.6. The van der Waals surface area contributed by atoms with Crippen LogP contribution in [-0.2, 0) is 14.3 Å². The molecule has 1 aromatic rings. The van der Waals surface area contributed by atoms with Crippen LogP contribution in [0, 0.1) is 0 Å². The van der Waals surface area contributed by atoms with E-state index in [-0.39, 0.29) is 17.7 Å². The van der Waals surface area contributed by atoms with Crippen molar-refractivity contribution >= 4 is 23.1 Å². The van der Waals surface area contributed by atoms with Crippen molar-refractivity contribution in [3.05, 3.63) is 29.3 Å². The summed E-state index contributed by atoms with van der Waals surface area (Å²) in [6.07, 6.45) is 13.3. The molecule has 1 heterocycles. The van der Waals surface area contributed by atoms with Crippen molar-refractivity contribution in [3.63, 3.8) is 0 Å². The standard InChI is InChI=1S/C26H34O6/c1-3-4-5-6-7-8-9-10-11-12-13-31-18-14-19-20-16-21(27)23(29)17-26(20,2)32-25(30)24(19)22(28)15-18/h14-16,28H,3-13,17H2,1-2H3. The SMILES string of the molecule is CCCCCCCCCCCCOc1cc(O)c2c(c1)C1=CC(=O)C(=O)CC1(C)OC2=O. The van der Waals surface area contributed by atoms with Gasteiger partial charge in [-0.2, -0.15) is 0 Å². The van der Waals surface area contributed by atoms with E-state index in [1.165, 1.54) is 63.5 Å². The fourth-order valence-electron chi connectivity index (χ4n) is 4.45. The van der Waals surface area contributed by atoms with Crippen molar-refractivity contribution in [1.29, 1.82) is 0 Å². The number of allylic oxidation sites excluding steroid dienone is 1. The minimum Gasteiger partial charge on any atom is -0.507 e. The van der Waals surface area contributed by atoms with Gasteiger partial charge in [-0.3, -0.25) is 9.59 Å². The zero-order chi connectivity index (χ0) is 23.1. The van der Waals surface area contributed by atoms with Crippen molar-refractivity contribution in [1.82, 2.24) is 0 Å². The number of phenolic OH excluding ortho intramolecular Hbond substituents is 1. The smallest absolute Gasteiger partial charge is 0.343 e. The molecule has 0 aromatic heterocycles. The van der Waals surface area contributed by atoms with Crippen LogP contribution in [0.5, 0.6) is 11.5 Å². The number of carbonyl (C=O) groups is 3. The van der Waals surface area contributed by atoms with E-state index in [0.717, 1.165) is 12.8 Å². The Morgan fingerprint density at radius 3 is 2.25 bits per heavy atom. The van der Waals surface area contributed by atoms with Gasteiger partial charge in [-0.05, 0) is 25.5 Å². The summed E-state index contributed by atoms with van der Waals surface area (Å²) in [5.41, 5.74) is -0.391. The van der Waals surface area contributed by atoms with Gasteiger partial charge in [0.15, 0.2) is 0 Å². The topological polar surface area (TPSA) is 89.9 Å². The quantitative estimate of drug-likeness (QED) is 0.259. The minimum atomic E-state index is -1.21. The van der Waals surface area contributed by atoms with E-state index in [2.05, 4.69) is 6.92 Å². The second-order valence-electron chi connectivity index (χ2n) is 9.04. The van der Waals surface area contributed by atoms with E-state index in [1.54, 1.807) is 13.0 Å². The van der Waals surface area contributed by atoms with Crippen LogP contribution in [0.3, 0.4) is 0 Å². The molecular weight excluding hydrogens is 408 g/mol. The maximum atomic E-state index is 12.5. The Morgan fingerprint density at radius 1 is 0.969 bits per heavy atom. The first kappa shape index (κ1) is 24.0. The van der Waals surface area contributed by atoms with Gasteiger partial charge in [-0.25, -0.2) is 4.79 Å². The summed E-state index contributed by atoms with van der Waals surface area (Å²) >= 11 is 0. The first-order valence-electron chi connectivity index (χ1n) is 11.9. The Kier molecular flexibility index (Phi) is 8.10. The van der Waals surface area contributed by atoms with Crippen LogP contribution < -0.4 is 4.74 Å². The molecule has 1 N–H and O–H groups in total. The second kappa shape index (κ2) is 10.8. The lowest BCUT2D eigenvalue weighted by molar-refractivity contribution is -0.136. The lowest BCUT2D eigenvalue weighted by atomic mass is 9.76. The fourth-order valence-corrected chi connectivity index (χ4v) is 4.45. The lowest BCUT2D eigenvalue weighted by Crippen LogP contribution is -2.44. The monoisotopic (exact) mass is 442 g/mol. The van der Waals surface area contributed by atoms with Crippen LogP contribution in [-0.4, -0.2) is 34.9 Å². The Bertz CT molecular complexity index is 900. The molecule has 1 aromatic carbocycles. The molecule has 32 heavy (non-hydrogen) atoms. The molecular formula is C26H34O6. The third kappa shape index (κ3) is 5.59. The number of ketones is 2. The highest BCUT2D eigenvalue weighted by Gasteiger charge is 2.47. The molecule has 3 rings (SSSR count). The van der Waals surface area contributed by atoms with E-state index in [0.29, 0.717) is 23.5 Å². The highest BCUT2D eigenvalue weighted by Crippen LogP contribution is 2.46. The molecule has 0 amide bonds. The molecule has 0 spiro atoms. The average Bonchev–Trinajstić information content (AvgIpc) is 2.73. The number of esters is 1. The number of hydrogen-bond donors (Lipinski definition) is 1. The summed E-state index contributed by atoms with van der Waals surface area (Å²) in [5, 5.41) is 10.4. The molecule has 2 aliphatic rings. The molecule has 0 bridgehead atoms. The van der Waals surface area contributed by atoms with E-state index < -0.39 is 23.1 Å². The van der Waals surface area contributed by atoms with Gasteiger partial charge < -0.3 is 14.6 Å². The predicted molar refractivity (Wildman–Crippen MR) is 122 cm³/mol. The van der Waals surface area contributed by atoms with Crippen molar-refractivity contribution in [2.24, 2.45) is 0 Å². The van der Waals surface area contributed by atoms with Crippen LogP contribution >= 0.6 is 0 Å². The Hall–Kier alpha value is -2.63. The van der Waals surface area contributed by atoms with Crippen LogP contribution in [0.25, 0.3) is 5.57 Å². The largest absolute Gasteiger partial charge is 0.507 e. The predicted octanol–water partition coefficient (Wildman–Crippen LogP) is 5.55. The number of rotatable bonds is 12. The third-order valence-electron chi connectivity index (χ3n) is 6.29. The van der Waals surface area contributed by atoms with Crippen LogP contribution in [0.15, 0.2) is 18.2 Å². The third-order valence-corrected chi connectivity index (χ3v) is 6.29. The number of carbonyl (C=O) groups excluding carboxylic acids is 3. The lowest BCUT2D eigenvalue weighted by Gasteiger charge is -2.38. The Balaban J connectivity index is 1.55. The Morgan fingerprint density at radius 2 is 1.59 bits per heavy atom. The van der Waals surface area contributed by atoms with Crippen LogP contribution in [0.1, 0.15) is 100 Å². The maximum Gasteiger partial charge on any atom is 0.343 e. The number of benzene rings is 1. The molecule has 6 nitrogen and oxygen atoms in total. The summed E-state index contributed by atoms with van der Waals surface area (Å²) in [4.78, 5) is 36.3. The second-order valence-corrected chi connectivity index (χ2v) is 9.04. The van der Waals surface area contributed by atoms with Crippen molar-refractivity contribution in [2.75, 3.05) is 6.61 Å². The molecule has 6 heteroatoms. The summed E-state index contributed by atoms with van der Waals surface area (Å²) in [6.45, 7) is 4.35. The Labute approximate surface area is 190 Å². The summed E-state index contributed by atoms with van der Waals surface area (Å²) in [5.74, 6) is -1.75. The zero-order valence-corrected chi connectivity index (χ0v) is 19.2. The van der Waals surface area contributed by atoms with Crippen molar-refractivity contribution < 1.29 is 29.0 Å². The number of phenols is 1. The first-order chi connectivity index (χ1) is 15.4. The summed E-state index contributed by atoms with van der Waals surface area (Å²) in [7, 11) is 0. The molecule has 1 unspecified atom stereocenters. The van der Waals surface area contributed by atoms with E-state index in [1.807, 2.05) is 0 Å². The molecule has 0 saturated carbocycles. The fraction of sp³-hybridized carbons (Fsp3) is 0.577. The number of ether oxygens (including phenoxy) is 2.